The van der Waals surface area contributed by atoms with Crippen LogP contribution in [-0.2, 0) is 25.7 Å². The number of allylic oxidation sites excluding steroid dienone is 1. The van der Waals surface area contributed by atoms with Gasteiger partial charge in [-0.2, -0.15) is 0 Å². The Bertz CT molecular complexity index is 1470. The molecule has 3 aromatic rings. The lowest BCUT2D eigenvalue weighted by Gasteiger charge is -2.25. The highest BCUT2D eigenvalue weighted by Crippen LogP contribution is 2.41. The molecule has 1 fully saturated rings. The fourth-order valence-electron chi connectivity index (χ4n) is 7.60. The van der Waals surface area contributed by atoms with Crippen molar-refractivity contribution < 1.29 is 0 Å². The summed E-state index contributed by atoms with van der Waals surface area (Å²) in [4.78, 5) is 0. The summed E-state index contributed by atoms with van der Waals surface area (Å²) in [7, 11) is 0. The van der Waals surface area contributed by atoms with Gasteiger partial charge in [-0.3, -0.25) is 0 Å². The van der Waals surface area contributed by atoms with Gasteiger partial charge in [0, 0.05) is 5.56 Å². The second-order valence-electron chi connectivity index (χ2n) is 15.5. The van der Waals surface area contributed by atoms with E-state index >= 15 is 0 Å². The van der Waals surface area contributed by atoms with E-state index in [-0.39, 0.29) is 0 Å². The van der Waals surface area contributed by atoms with Gasteiger partial charge in [0.2, 0.25) is 0 Å². The van der Waals surface area contributed by atoms with Gasteiger partial charge >= 0.3 is 0 Å². The van der Waals surface area contributed by atoms with Gasteiger partial charge in [0.1, 0.15) is 0 Å². The Hall–Kier alpha value is -3.04. The van der Waals surface area contributed by atoms with Crippen LogP contribution < -0.4 is 0 Å². The monoisotopic (exact) mass is 661 g/mol. The van der Waals surface area contributed by atoms with Crippen LogP contribution in [0.15, 0.2) is 60.7 Å². The molecule has 3 unspecified atom stereocenters. The molecule has 49 heavy (non-hydrogen) atoms. The summed E-state index contributed by atoms with van der Waals surface area (Å²) in [6, 6.07) is 18.6. The Morgan fingerprint density at radius 2 is 1.61 bits per heavy atom. The molecule has 0 radical (unpaired) electrons. The van der Waals surface area contributed by atoms with Crippen molar-refractivity contribution in [1.29, 1.82) is 0 Å². The Morgan fingerprint density at radius 3 is 2.20 bits per heavy atom. The zero-order chi connectivity index (χ0) is 36.5. The van der Waals surface area contributed by atoms with Crippen molar-refractivity contribution in [2.75, 3.05) is 0 Å². The molecule has 0 aliphatic heterocycles. The maximum Gasteiger partial charge on any atom is 0.0277 e. The molecule has 268 valence electrons. The molecule has 3 atom stereocenters. The summed E-state index contributed by atoms with van der Waals surface area (Å²) in [6.07, 6.45) is 20.5. The summed E-state index contributed by atoms with van der Waals surface area (Å²) in [5.41, 5.74) is 15.1. The van der Waals surface area contributed by atoms with Gasteiger partial charge in [-0.25, -0.2) is 0 Å². The summed E-state index contributed by atoms with van der Waals surface area (Å²) in [5, 5.41) is 0. The number of hydrogen-bond acceptors (Lipinski definition) is 0. The number of rotatable bonds is 13. The Kier molecular flexibility index (Phi) is 18.8. The largest absolute Gasteiger partial charge is 0.115 e. The molecule has 1 saturated carbocycles. The van der Waals surface area contributed by atoms with Gasteiger partial charge in [-0.05, 0) is 146 Å². The van der Waals surface area contributed by atoms with Gasteiger partial charge in [0.25, 0.3) is 0 Å². The fraction of sp³-hybridized carbons (Fsp3) is 0.551. The van der Waals surface area contributed by atoms with Crippen LogP contribution in [0.3, 0.4) is 0 Å². The van der Waals surface area contributed by atoms with Crippen molar-refractivity contribution in [3.63, 3.8) is 0 Å². The van der Waals surface area contributed by atoms with Gasteiger partial charge in [0.05, 0.1) is 0 Å². The molecule has 4 rings (SSSR count). The smallest absolute Gasteiger partial charge is 0.0277 e. The summed E-state index contributed by atoms with van der Waals surface area (Å²) in [5.74, 6) is 6.27. The number of aryl methyl sites for hydroxylation is 2. The minimum absolute atomic E-state index is 0.785. The molecular weight excluding hydrogens is 589 g/mol. The molecule has 0 amide bonds. The zero-order valence-electron chi connectivity index (χ0n) is 33.7. The molecule has 0 spiro atoms. The zero-order valence-corrected chi connectivity index (χ0v) is 33.7. The third kappa shape index (κ3) is 13.0. The first-order valence-corrected chi connectivity index (χ1v) is 19.9. The first kappa shape index (κ1) is 42.1. The van der Waals surface area contributed by atoms with E-state index in [2.05, 4.69) is 137 Å². The fourth-order valence-corrected chi connectivity index (χ4v) is 7.60. The van der Waals surface area contributed by atoms with Crippen LogP contribution in [0.4, 0.5) is 0 Å². The lowest BCUT2D eigenvalue weighted by atomic mass is 9.80. The van der Waals surface area contributed by atoms with E-state index in [1.807, 2.05) is 0 Å². The van der Waals surface area contributed by atoms with Crippen LogP contribution in [0.1, 0.15) is 158 Å². The van der Waals surface area contributed by atoms with E-state index in [4.69, 9.17) is 6.42 Å². The van der Waals surface area contributed by atoms with Crippen molar-refractivity contribution in [2.45, 2.75) is 153 Å². The molecule has 1 aliphatic carbocycles. The van der Waals surface area contributed by atoms with Crippen LogP contribution >= 0.6 is 0 Å². The van der Waals surface area contributed by atoms with Crippen LogP contribution in [0.5, 0.6) is 0 Å². The van der Waals surface area contributed by atoms with Crippen LogP contribution in [0.2, 0.25) is 0 Å². The van der Waals surface area contributed by atoms with Gasteiger partial charge < -0.3 is 0 Å². The van der Waals surface area contributed by atoms with Gasteiger partial charge in [-0.15, -0.1) is 13.0 Å². The summed E-state index contributed by atoms with van der Waals surface area (Å²) < 4.78 is 0. The van der Waals surface area contributed by atoms with Gasteiger partial charge in [-0.1, -0.05) is 141 Å². The van der Waals surface area contributed by atoms with Crippen LogP contribution in [-0.4, -0.2) is 0 Å². The molecule has 1 aliphatic rings. The lowest BCUT2D eigenvalue weighted by molar-refractivity contribution is 0.294. The molecular formula is C49H72. The maximum atomic E-state index is 5.85. The first-order chi connectivity index (χ1) is 23.4. The van der Waals surface area contributed by atoms with Crippen molar-refractivity contribution in [3.05, 3.63) is 105 Å². The molecule has 0 nitrogen and oxygen atoms in total. The highest BCUT2D eigenvalue weighted by atomic mass is 14.3. The van der Waals surface area contributed by atoms with Crippen LogP contribution in [0.25, 0.3) is 11.1 Å². The predicted molar refractivity (Wildman–Crippen MR) is 221 cm³/mol. The molecule has 0 aromatic heterocycles. The average Bonchev–Trinajstić information content (AvgIpc) is 3.55. The van der Waals surface area contributed by atoms with Crippen molar-refractivity contribution in [2.24, 2.45) is 23.7 Å². The molecule has 3 aromatic carbocycles. The normalized spacial score (nSPS) is 15.9. The quantitative estimate of drug-likeness (QED) is 0.126. The lowest BCUT2D eigenvalue weighted by Crippen LogP contribution is -2.17. The van der Waals surface area contributed by atoms with Crippen molar-refractivity contribution >= 4 is 0 Å². The Labute approximate surface area is 304 Å². The van der Waals surface area contributed by atoms with Crippen LogP contribution in [0, 0.1) is 49.9 Å². The van der Waals surface area contributed by atoms with E-state index in [0.29, 0.717) is 0 Å². The summed E-state index contributed by atoms with van der Waals surface area (Å²) in [6.45, 7) is 28.7. The number of benzene rings is 3. The topological polar surface area (TPSA) is 0 Å². The first-order valence-electron chi connectivity index (χ1n) is 19.9. The molecule has 0 heterocycles. The summed E-state index contributed by atoms with van der Waals surface area (Å²) >= 11 is 0. The predicted octanol–water partition coefficient (Wildman–Crippen LogP) is 14.5. The molecule has 0 bridgehead atoms. The van der Waals surface area contributed by atoms with E-state index in [9.17, 15) is 0 Å². The van der Waals surface area contributed by atoms with E-state index in [1.54, 1.807) is 5.56 Å². The Morgan fingerprint density at radius 1 is 0.898 bits per heavy atom. The SMILES string of the molecule is C#Cc1cc(Cc2cc(C)cc(-c3cccc(CC4CCCC4C(C)C)c3C)c2CCC)ccc1CC.C=C(C)CCC(C)CC.CCC. The maximum absolute atomic E-state index is 5.85. The number of terminal acetylenes is 1. The van der Waals surface area contributed by atoms with Crippen molar-refractivity contribution in [3.8, 4) is 23.5 Å². The second-order valence-corrected chi connectivity index (χ2v) is 15.5. The molecule has 0 N–H and O–H groups in total. The number of hydrogen-bond donors (Lipinski definition) is 0. The van der Waals surface area contributed by atoms with Gasteiger partial charge in [0.15, 0.2) is 0 Å². The van der Waals surface area contributed by atoms with E-state index in [0.717, 1.165) is 54.9 Å². The highest BCUT2D eigenvalue weighted by molar-refractivity contribution is 5.74. The van der Waals surface area contributed by atoms with E-state index in [1.165, 1.54) is 101 Å². The van der Waals surface area contributed by atoms with E-state index < -0.39 is 0 Å². The molecule has 0 heteroatoms. The molecule has 0 saturated heterocycles. The highest BCUT2D eigenvalue weighted by Gasteiger charge is 2.30. The minimum Gasteiger partial charge on any atom is -0.115 e. The second kappa shape index (κ2) is 21.9. The third-order valence-corrected chi connectivity index (χ3v) is 10.6. The standard InChI is InChI=1S/C37H46.C9H18.C3H8/c1-8-13-36-33(23-28-18-19-29(9-2)30(10-3)22-28)20-26(6)21-37(36)35-17-11-14-31(27(35)7)24-32-15-12-16-34(32)25(4)5;1-5-9(4)7-6-8(2)3;1-3-2/h3,11,14,17-22,25,32,34H,8-9,12-13,15-16,23-24H2,1-2,4-7H3;9H,2,5-7H2,1,3-4H3;3H2,1-2H3. The van der Waals surface area contributed by atoms with Crippen molar-refractivity contribution in [1.82, 2.24) is 0 Å². The average molecular weight is 661 g/mol. The Balaban J connectivity index is 0.000000596. The third-order valence-electron chi connectivity index (χ3n) is 10.6. The minimum atomic E-state index is 0.785.